The Bertz CT molecular complexity index is 887. The Balaban J connectivity index is 1.44. The molecule has 27 heavy (non-hydrogen) atoms. The maximum atomic E-state index is 11.9. The van der Waals surface area contributed by atoms with E-state index in [2.05, 4.69) is 29.4 Å². The summed E-state index contributed by atoms with van der Waals surface area (Å²) >= 11 is 3.00. The molecule has 2 aromatic carbocycles. The van der Waals surface area contributed by atoms with Crippen LogP contribution < -0.4 is 10.2 Å². The molecular formula is C20H21N3O2S2. The number of nitrogens with one attached hydrogen (secondary N) is 1. The predicted molar refractivity (Wildman–Crippen MR) is 113 cm³/mol. The van der Waals surface area contributed by atoms with E-state index in [-0.39, 0.29) is 11.7 Å². The SMILES string of the molecule is CC(C)COc1ccc(/C=N\NC(=O)CSc2nc3ccccc3s2)cc1. The third kappa shape index (κ3) is 6.08. The molecule has 0 saturated carbocycles. The number of amides is 1. The Morgan fingerprint density at radius 3 is 2.78 bits per heavy atom. The summed E-state index contributed by atoms with van der Waals surface area (Å²) in [6.07, 6.45) is 1.62. The van der Waals surface area contributed by atoms with Crippen molar-refractivity contribution in [1.82, 2.24) is 10.4 Å². The van der Waals surface area contributed by atoms with Crippen LogP contribution in [0.25, 0.3) is 10.2 Å². The number of rotatable bonds is 8. The van der Waals surface area contributed by atoms with Crippen molar-refractivity contribution in [3.63, 3.8) is 0 Å². The first-order chi connectivity index (χ1) is 13.1. The van der Waals surface area contributed by atoms with Crippen LogP contribution in [-0.4, -0.2) is 29.5 Å². The summed E-state index contributed by atoms with van der Waals surface area (Å²) in [4.78, 5) is 16.4. The first kappa shape index (κ1) is 19.4. The monoisotopic (exact) mass is 399 g/mol. The van der Waals surface area contributed by atoms with Gasteiger partial charge in [-0.2, -0.15) is 5.10 Å². The first-order valence-electron chi connectivity index (χ1n) is 8.63. The first-order valence-corrected chi connectivity index (χ1v) is 10.4. The highest BCUT2D eigenvalue weighted by molar-refractivity contribution is 8.01. The van der Waals surface area contributed by atoms with Gasteiger partial charge in [-0.1, -0.05) is 37.7 Å². The van der Waals surface area contributed by atoms with Crippen molar-refractivity contribution in [1.29, 1.82) is 0 Å². The molecular weight excluding hydrogens is 378 g/mol. The molecule has 0 unspecified atom stereocenters. The summed E-state index contributed by atoms with van der Waals surface area (Å²) in [5, 5.41) is 4.00. The summed E-state index contributed by atoms with van der Waals surface area (Å²) in [5.74, 6) is 1.44. The van der Waals surface area contributed by atoms with E-state index in [0.717, 1.165) is 25.9 Å². The normalized spacial score (nSPS) is 11.4. The highest BCUT2D eigenvalue weighted by Crippen LogP contribution is 2.28. The summed E-state index contributed by atoms with van der Waals surface area (Å²) < 4.78 is 7.65. The number of hydrogen-bond donors (Lipinski definition) is 1. The van der Waals surface area contributed by atoms with Crippen LogP contribution in [-0.2, 0) is 4.79 Å². The minimum Gasteiger partial charge on any atom is -0.493 e. The summed E-state index contributed by atoms with van der Waals surface area (Å²) in [7, 11) is 0. The van der Waals surface area contributed by atoms with E-state index in [1.54, 1.807) is 17.6 Å². The minimum absolute atomic E-state index is 0.160. The predicted octanol–water partition coefficient (Wildman–Crippen LogP) is 4.57. The summed E-state index contributed by atoms with van der Waals surface area (Å²) in [6, 6.07) is 15.5. The molecule has 140 valence electrons. The fourth-order valence-corrected chi connectivity index (χ4v) is 4.02. The Hall–Kier alpha value is -2.38. The van der Waals surface area contributed by atoms with Gasteiger partial charge in [0.05, 0.1) is 28.8 Å². The number of nitrogens with zero attached hydrogens (tertiary/aromatic N) is 2. The van der Waals surface area contributed by atoms with Gasteiger partial charge in [-0.15, -0.1) is 11.3 Å². The largest absolute Gasteiger partial charge is 0.493 e. The third-order valence-electron chi connectivity index (χ3n) is 3.47. The molecule has 5 nitrogen and oxygen atoms in total. The number of aromatic nitrogens is 1. The fraction of sp³-hybridized carbons (Fsp3) is 0.250. The molecule has 0 saturated heterocycles. The molecule has 0 aliphatic carbocycles. The molecule has 0 atom stereocenters. The molecule has 0 aliphatic rings. The van der Waals surface area contributed by atoms with E-state index in [1.807, 2.05) is 48.5 Å². The Morgan fingerprint density at radius 1 is 1.26 bits per heavy atom. The van der Waals surface area contributed by atoms with Crippen LogP contribution >= 0.6 is 23.1 Å². The van der Waals surface area contributed by atoms with Crippen LogP contribution in [0.4, 0.5) is 0 Å². The molecule has 0 aliphatic heterocycles. The number of thiazole rings is 1. The Kier molecular flexibility index (Phi) is 6.84. The van der Waals surface area contributed by atoms with Crippen LogP contribution in [0.1, 0.15) is 19.4 Å². The van der Waals surface area contributed by atoms with E-state index in [4.69, 9.17) is 4.74 Å². The Morgan fingerprint density at radius 2 is 2.04 bits per heavy atom. The maximum Gasteiger partial charge on any atom is 0.250 e. The van der Waals surface area contributed by atoms with Gasteiger partial charge in [0, 0.05) is 0 Å². The van der Waals surface area contributed by atoms with Gasteiger partial charge < -0.3 is 4.74 Å². The van der Waals surface area contributed by atoms with Gasteiger partial charge in [0.25, 0.3) is 5.91 Å². The molecule has 3 aromatic rings. The standard InChI is InChI=1S/C20H21N3O2S2/c1-14(2)12-25-16-9-7-15(8-10-16)11-21-23-19(24)13-26-20-22-17-5-3-4-6-18(17)27-20/h3-11,14H,12-13H2,1-2H3,(H,23,24)/b21-11-. The highest BCUT2D eigenvalue weighted by Gasteiger charge is 2.06. The van der Waals surface area contributed by atoms with Crippen molar-refractivity contribution in [2.75, 3.05) is 12.4 Å². The van der Waals surface area contributed by atoms with Gasteiger partial charge in [0.15, 0.2) is 4.34 Å². The van der Waals surface area contributed by atoms with E-state index < -0.39 is 0 Å². The lowest BCUT2D eigenvalue weighted by Crippen LogP contribution is -2.19. The number of thioether (sulfide) groups is 1. The molecule has 3 rings (SSSR count). The summed E-state index contributed by atoms with van der Waals surface area (Å²) in [6.45, 7) is 4.91. The number of benzene rings is 2. The molecule has 0 fully saturated rings. The fourth-order valence-electron chi connectivity index (χ4n) is 2.16. The van der Waals surface area contributed by atoms with Crippen LogP contribution in [0.2, 0.25) is 0 Å². The molecule has 7 heteroatoms. The number of fused-ring (bicyclic) bond motifs is 1. The average Bonchev–Trinajstić information content (AvgIpc) is 3.09. The van der Waals surface area contributed by atoms with E-state index >= 15 is 0 Å². The third-order valence-corrected chi connectivity index (χ3v) is 5.65. The highest BCUT2D eigenvalue weighted by atomic mass is 32.2. The van der Waals surface area contributed by atoms with Gasteiger partial charge in [-0.3, -0.25) is 4.79 Å². The topological polar surface area (TPSA) is 63.6 Å². The minimum atomic E-state index is -0.160. The number of hydrazone groups is 1. The van der Waals surface area contributed by atoms with Crippen LogP contribution in [0.3, 0.4) is 0 Å². The number of para-hydroxylation sites is 1. The zero-order valence-corrected chi connectivity index (χ0v) is 16.8. The zero-order valence-electron chi connectivity index (χ0n) is 15.2. The van der Waals surface area contributed by atoms with Crippen molar-refractivity contribution in [2.24, 2.45) is 11.0 Å². The van der Waals surface area contributed by atoms with E-state index in [1.165, 1.54) is 11.8 Å². The quantitative estimate of drug-likeness (QED) is 0.342. The molecule has 0 radical (unpaired) electrons. The van der Waals surface area contributed by atoms with Crippen molar-refractivity contribution < 1.29 is 9.53 Å². The van der Waals surface area contributed by atoms with Crippen molar-refractivity contribution >= 4 is 45.4 Å². The van der Waals surface area contributed by atoms with E-state index in [0.29, 0.717) is 12.5 Å². The lowest BCUT2D eigenvalue weighted by Gasteiger charge is -2.08. The van der Waals surface area contributed by atoms with Crippen molar-refractivity contribution in [2.45, 2.75) is 18.2 Å². The number of ether oxygens (including phenoxy) is 1. The molecule has 1 aromatic heterocycles. The average molecular weight is 400 g/mol. The summed E-state index contributed by atoms with van der Waals surface area (Å²) in [5.41, 5.74) is 4.40. The lowest BCUT2D eigenvalue weighted by atomic mass is 10.2. The van der Waals surface area contributed by atoms with Crippen LogP contribution in [0.5, 0.6) is 5.75 Å². The molecule has 0 spiro atoms. The Labute approximate surface area is 166 Å². The second-order valence-corrected chi connectivity index (χ2v) is 8.56. The lowest BCUT2D eigenvalue weighted by molar-refractivity contribution is -0.118. The van der Waals surface area contributed by atoms with Gasteiger partial charge in [-0.25, -0.2) is 10.4 Å². The smallest absolute Gasteiger partial charge is 0.250 e. The van der Waals surface area contributed by atoms with Crippen molar-refractivity contribution in [3.05, 3.63) is 54.1 Å². The van der Waals surface area contributed by atoms with E-state index in [9.17, 15) is 4.79 Å². The van der Waals surface area contributed by atoms with Gasteiger partial charge in [0.1, 0.15) is 5.75 Å². The maximum absolute atomic E-state index is 11.9. The second-order valence-electron chi connectivity index (χ2n) is 6.30. The molecule has 0 bridgehead atoms. The van der Waals surface area contributed by atoms with Crippen LogP contribution in [0, 0.1) is 5.92 Å². The van der Waals surface area contributed by atoms with Crippen LogP contribution in [0.15, 0.2) is 58.0 Å². The second kappa shape index (κ2) is 9.53. The van der Waals surface area contributed by atoms with Gasteiger partial charge in [0.2, 0.25) is 0 Å². The molecule has 1 amide bonds. The van der Waals surface area contributed by atoms with Gasteiger partial charge in [-0.05, 0) is 47.9 Å². The number of carbonyl (C=O) groups is 1. The molecule has 1 N–H and O–H groups in total. The van der Waals surface area contributed by atoms with Gasteiger partial charge >= 0.3 is 0 Å². The molecule has 1 heterocycles. The van der Waals surface area contributed by atoms with Crippen molar-refractivity contribution in [3.8, 4) is 5.75 Å². The number of carbonyl (C=O) groups excluding carboxylic acids is 1. The number of hydrogen-bond acceptors (Lipinski definition) is 6. The zero-order chi connectivity index (χ0) is 19.1.